The van der Waals surface area contributed by atoms with E-state index in [9.17, 15) is 43.2 Å². The van der Waals surface area contributed by atoms with Crippen LogP contribution in [0.5, 0.6) is 0 Å². The average Bonchev–Trinajstić information content (AvgIpc) is 3.58. The Hall–Kier alpha value is -1.94. The molecule has 17 nitrogen and oxygen atoms in total. The molecule has 2 unspecified atom stereocenters. The summed E-state index contributed by atoms with van der Waals surface area (Å²) in [5, 5.41) is 10.6. The zero-order chi connectivity index (χ0) is 63.6. The van der Waals surface area contributed by atoms with Crippen LogP contribution in [0.15, 0.2) is 0 Å². The molecule has 0 fully saturated rings. The fraction of sp³-hybridized carbons (Fsp3) is 0.940. The van der Waals surface area contributed by atoms with Crippen LogP contribution in [0.25, 0.3) is 0 Å². The molecule has 0 radical (unpaired) electrons. The second kappa shape index (κ2) is 59.4. The van der Waals surface area contributed by atoms with Gasteiger partial charge >= 0.3 is 39.5 Å². The molecule has 0 aliphatic rings. The van der Waals surface area contributed by atoms with Crippen molar-refractivity contribution in [3.05, 3.63) is 0 Å². The molecule has 5 atom stereocenters. The summed E-state index contributed by atoms with van der Waals surface area (Å²) in [7, 11) is -9.89. The third kappa shape index (κ3) is 60.9. The molecule has 0 rings (SSSR count). The Balaban J connectivity index is 5.25. The molecule has 0 aromatic heterocycles. The van der Waals surface area contributed by atoms with E-state index in [1.807, 2.05) is 0 Å². The van der Waals surface area contributed by atoms with Gasteiger partial charge in [-0.1, -0.05) is 286 Å². The minimum Gasteiger partial charge on any atom is -0.462 e. The number of phosphoric acid groups is 2. The van der Waals surface area contributed by atoms with Crippen molar-refractivity contribution in [1.82, 2.24) is 0 Å². The number of aliphatic hydroxyl groups is 1. The van der Waals surface area contributed by atoms with E-state index >= 15 is 0 Å². The van der Waals surface area contributed by atoms with E-state index in [1.165, 1.54) is 154 Å². The van der Waals surface area contributed by atoms with Crippen LogP contribution < -0.4 is 0 Å². The summed E-state index contributed by atoms with van der Waals surface area (Å²) in [6, 6.07) is 0. The van der Waals surface area contributed by atoms with Crippen LogP contribution in [0.3, 0.4) is 0 Å². The maximum Gasteiger partial charge on any atom is 0.472 e. The van der Waals surface area contributed by atoms with Crippen LogP contribution in [0.4, 0.5) is 0 Å². The van der Waals surface area contributed by atoms with Gasteiger partial charge in [0.2, 0.25) is 0 Å². The molecule has 0 saturated carbocycles. The van der Waals surface area contributed by atoms with Gasteiger partial charge in [-0.25, -0.2) is 9.13 Å². The fourth-order valence-electron chi connectivity index (χ4n) is 10.1. The highest BCUT2D eigenvalue weighted by molar-refractivity contribution is 7.47. The van der Waals surface area contributed by atoms with E-state index in [4.69, 9.17) is 37.0 Å². The monoisotopic (exact) mass is 1270 g/mol. The fourth-order valence-corrected chi connectivity index (χ4v) is 11.6. The normalized spacial score (nSPS) is 14.2. The summed E-state index contributed by atoms with van der Waals surface area (Å²) in [5.41, 5.74) is 0. The number of rotatable bonds is 66. The Labute approximate surface area is 524 Å². The standard InChI is InChI=1S/C67H130O17P2/c1-7-9-11-13-15-17-19-20-25-32-38-44-50-65(70)78-55-62(83-66(71)51-45-39-33-26-22-21-23-29-35-41-47-59(3)4)57-81-85(73,74)79-53-61(68)54-80-86(75,76)82-58-63(56-77-64(69)49-43-37-31-24-18-16-14-12-10-8-2)84-67(72)52-46-40-34-28-27-30-36-42-48-60(5)6/h59-63,68H,7-58H2,1-6H3,(H,73,74)(H,75,76)/t61-,62-,63-/m1/s1. The summed E-state index contributed by atoms with van der Waals surface area (Å²) < 4.78 is 68.1. The van der Waals surface area contributed by atoms with Crippen LogP contribution in [0, 0.1) is 11.8 Å². The Morgan fingerprint density at radius 3 is 0.791 bits per heavy atom. The van der Waals surface area contributed by atoms with Gasteiger partial charge in [-0.15, -0.1) is 0 Å². The smallest absolute Gasteiger partial charge is 0.462 e. The molecule has 19 heteroatoms. The van der Waals surface area contributed by atoms with Crippen LogP contribution in [-0.4, -0.2) is 96.7 Å². The first-order chi connectivity index (χ1) is 41.4. The number of hydrogen-bond acceptors (Lipinski definition) is 15. The topological polar surface area (TPSA) is 237 Å². The van der Waals surface area contributed by atoms with Crippen LogP contribution in [0.2, 0.25) is 0 Å². The molecule has 510 valence electrons. The third-order valence-corrected chi connectivity index (χ3v) is 17.4. The molecule has 0 aromatic rings. The minimum absolute atomic E-state index is 0.104. The third-order valence-electron chi connectivity index (χ3n) is 15.5. The molecule has 86 heavy (non-hydrogen) atoms. The van der Waals surface area contributed by atoms with Gasteiger partial charge in [-0.3, -0.25) is 37.3 Å². The summed E-state index contributed by atoms with van der Waals surface area (Å²) >= 11 is 0. The van der Waals surface area contributed by atoms with Crippen molar-refractivity contribution >= 4 is 39.5 Å². The molecule has 0 aliphatic carbocycles. The van der Waals surface area contributed by atoms with Crippen molar-refractivity contribution in [3.63, 3.8) is 0 Å². The molecular weight excluding hydrogens is 1140 g/mol. The zero-order valence-electron chi connectivity index (χ0n) is 55.6. The quantitative estimate of drug-likeness (QED) is 0.0222. The van der Waals surface area contributed by atoms with Gasteiger partial charge in [0.15, 0.2) is 12.2 Å². The molecule has 0 heterocycles. The van der Waals surface area contributed by atoms with Gasteiger partial charge in [-0.2, -0.15) is 0 Å². The SMILES string of the molecule is CCCCCCCCCCCCCCC(=O)OC[C@H](COP(=O)(O)OC[C@@H](O)COP(=O)(O)OC[C@@H](COC(=O)CCCCCCCCCCCC)OC(=O)CCCCCCCCCCC(C)C)OC(=O)CCCCCCCCCCCCC(C)C. The molecule has 0 spiro atoms. The number of phosphoric ester groups is 2. The van der Waals surface area contributed by atoms with E-state index in [1.54, 1.807) is 0 Å². The summed E-state index contributed by atoms with van der Waals surface area (Å²) in [5.74, 6) is -0.659. The predicted octanol–water partition coefficient (Wildman–Crippen LogP) is 18.8. The first-order valence-electron chi connectivity index (χ1n) is 35.0. The van der Waals surface area contributed by atoms with Crippen LogP contribution in [0.1, 0.15) is 337 Å². The van der Waals surface area contributed by atoms with Crippen molar-refractivity contribution in [3.8, 4) is 0 Å². The van der Waals surface area contributed by atoms with Gasteiger partial charge in [-0.05, 0) is 37.5 Å². The van der Waals surface area contributed by atoms with Gasteiger partial charge < -0.3 is 33.8 Å². The lowest BCUT2D eigenvalue weighted by molar-refractivity contribution is -0.161. The number of carbonyl (C=O) groups excluding carboxylic acids is 4. The van der Waals surface area contributed by atoms with Gasteiger partial charge in [0.1, 0.15) is 19.3 Å². The first-order valence-corrected chi connectivity index (χ1v) is 38.0. The van der Waals surface area contributed by atoms with E-state index in [0.717, 1.165) is 102 Å². The lowest BCUT2D eigenvalue weighted by atomic mass is 10.0. The molecule has 0 aromatic carbocycles. The van der Waals surface area contributed by atoms with E-state index in [0.29, 0.717) is 25.7 Å². The van der Waals surface area contributed by atoms with Crippen molar-refractivity contribution in [2.24, 2.45) is 11.8 Å². The van der Waals surface area contributed by atoms with Crippen LogP contribution >= 0.6 is 15.6 Å². The Kier molecular flexibility index (Phi) is 58.0. The first kappa shape index (κ1) is 84.1. The molecule has 0 aliphatic heterocycles. The molecule has 0 bridgehead atoms. The van der Waals surface area contributed by atoms with Crippen molar-refractivity contribution < 1.29 is 80.2 Å². The number of unbranched alkanes of at least 4 members (excludes halogenated alkanes) is 36. The minimum atomic E-state index is -4.95. The highest BCUT2D eigenvalue weighted by Crippen LogP contribution is 2.45. The summed E-state index contributed by atoms with van der Waals surface area (Å²) in [4.78, 5) is 72.4. The highest BCUT2D eigenvalue weighted by Gasteiger charge is 2.30. The predicted molar refractivity (Wildman–Crippen MR) is 345 cm³/mol. The molecule has 0 saturated heterocycles. The summed E-state index contributed by atoms with van der Waals surface area (Å²) in [6.07, 6.45) is 43.0. The molecular formula is C67H130O17P2. The number of hydrogen-bond donors (Lipinski definition) is 3. The van der Waals surface area contributed by atoms with E-state index < -0.39 is 97.5 Å². The Bertz CT molecular complexity index is 1680. The Morgan fingerprint density at radius 2 is 0.535 bits per heavy atom. The molecule has 3 N–H and O–H groups in total. The lowest BCUT2D eigenvalue weighted by Crippen LogP contribution is -2.30. The maximum absolute atomic E-state index is 13.0. The second-order valence-electron chi connectivity index (χ2n) is 25.2. The average molecular weight is 1270 g/mol. The number of ether oxygens (including phenoxy) is 4. The van der Waals surface area contributed by atoms with Crippen LogP contribution in [-0.2, 0) is 65.4 Å². The van der Waals surface area contributed by atoms with Gasteiger partial charge in [0, 0.05) is 25.7 Å². The number of aliphatic hydroxyl groups excluding tert-OH is 1. The van der Waals surface area contributed by atoms with E-state index in [2.05, 4.69) is 41.5 Å². The van der Waals surface area contributed by atoms with Crippen molar-refractivity contribution in [2.45, 2.75) is 355 Å². The van der Waals surface area contributed by atoms with Gasteiger partial charge in [0.25, 0.3) is 0 Å². The number of esters is 4. The number of carbonyl (C=O) groups is 4. The Morgan fingerprint density at radius 1 is 0.314 bits per heavy atom. The molecule has 0 amide bonds. The summed E-state index contributed by atoms with van der Waals surface area (Å²) in [6.45, 7) is 9.47. The van der Waals surface area contributed by atoms with Crippen molar-refractivity contribution in [1.29, 1.82) is 0 Å². The van der Waals surface area contributed by atoms with Crippen molar-refractivity contribution in [2.75, 3.05) is 39.6 Å². The highest BCUT2D eigenvalue weighted by atomic mass is 31.2. The maximum atomic E-state index is 13.0. The van der Waals surface area contributed by atoms with Gasteiger partial charge in [0.05, 0.1) is 26.4 Å². The lowest BCUT2D eigenvalue weighted by Gasteiger charge is -2.21. The van der Waals surface area contributed by atoms with E-state index in [-0.39, 0.29) is 25.7 Å². The largest absolute Gasteiger partial charge is 0.472 e. The second-order valence-corrected chi connectivity index (χ2v) is 28.1. The zero-order valence-corrected chi connectivity index (χ0v) is 57.4.